The van der Waals surface area contributed by atoms with Crippen molar-refractivity contribution in [3.63, 3.8) is 0 Å². The van der Waals surface area contributed by atoms with Gasteiger partial charge in [-0.25, -0.2) is 0 Å². The van der Waals surface area contributed by atoms with Crippen LogP contribution in [0.4, 0.5) is 0 Å². The zero-order chi connectivity index (χ0) is 20.6. The largest absolute Gasteiger partial charge is 4.00 e. The van der Waals surface area contributed by atoms with Gasteiger partial charge in [0.15, 0.2) is 0 Å². The van der Waals surface area contributed by atoms with Gasteiger partial charge in [0.1, 0.15) is 0 Å². The molecule has 2 heterocycles. The number of aromatic nitrogens is 2. The Labute approximate surface area is 198 Å². The number of nitrogens with zero attached hydrogens (tertiary/aromatic N) is 4. The Kier molecular flexibility index (Phi) is 15.4. The zero-order valence-corrected chi connectivity index (χ0v) is 20.1. The van der Waals surface area contributed by atoms with Crippen molar-refractivity contribution in [1.82, 2.24) is 9.97 Å². The summed E-state index contributed by atoms with van der Waals surface area (Å²) < 4.78 is 0. The first-order valence-corrected chi connectivity index (χ1v) is 11.3. The molecule has 0 saturated heterocycles. The molecular formula is C25H37N4Ti+. The van der Waals surface area contributed by atoms with Crippen molar-refractivity contribution in [2.75, 3.05) is 0 Å². The van der Waals surface area contributed by atoms with Gasteiger partial charge in [-0.05, 0) is 25.7 Å². The second kappa shape index (κ2) is 17.3. The summed E-state index contributed by atoms with van der Waals surface area (Å²) in [5.74, 6) is 0. The minimum Gasteiger partial charge on any atom is -0.663 e. The zero-order valence-electron chi connectivity index (χ0n) is 18.5. The van der Waals surface area contributed by atoms with Crippen molar-refractivity contribution in [1.29, 1.82) is 0 Å². The molecule has 2 fully saturated rings. The van der Waals surface area contributed by atoms with E-state index in [1.807, 2.05) is 56.0 Å². The Morgan fingerprint density at radius 3 is 1.47 bits per heavy atom. The van der Waals surface area contributed by atoms with Crippen LogP contribution in [0.2, 0.25) is 0 Å². The monoisotopic (exact) mass is 441 g/mol. The maximum atomic E-state index is 4.54. The predicted molar refractivity (Wildman–Crippen MR) is 124 cm³/mol. The molecule has 0 bridgehead atoms. The number of hydrogen-bond acceptors (Lipinski definition) is 2. The summed E-state index contributed by atoms with van der Waals surface area (Å²) in [6.07, 6.45) is 21.6. The molecule has 2 aromatic rings. The fraction of sp³-hybridized carbons (Fsp3) is 0.560. The van der Waals surface area contributed by atoms with E-state index in [1.165, 1.54) is 64.2 Å². The molecule has 0 aromatic carbocycles. The van der Waals surface area contributed by atoms with Gasteiger partial charge in [0, 0.05) is 24.5 Å². The SMILES string of the molecule is C(=NC1CCCCC1)c1ccc[n-]1.C(=NC1CCCCC1)c1ccc[n-]1.[CH2-]CC.[Ti+4]. The van der Waals surface area contributed by atoms with Crippen molar-refractivity contribution in [3.05, 3.63) is 55.0 Å². The molecule has 0 atom stereocenters. The minimum absolute atomic E-state index is 0. The molecule has 0 amide bonds. The van der Waals surface area contributed by atoms with Crippen molar-refractivity contribution >= 4 is 12.4 Å². The van der Waals surface area contributed by atoms with Crippen LogP contribution in [0, 0.1) is 6.92 Å². The first-order chi connectivity index (χ1) is 14.3. The second-order valence-electron chi connectivity index (χ2n) is 7.76. The van der Waals surface area contributed by atoms with Gasteiger partial charge < -0.3 is 16.9 Å². The van der Waals surface area contributed by atoms with Gasteiger partial charge in [0.25, 0.3) is 0 Å². The van der Waals surface area contributed by atoms with E-state index in [4.69, 9.17) is 0 Å². The van der Waals surface area contributed by atoms with Gasteiger partial charge in [-0.15, -0.1) is 11.4 Å². The van der Waals surface area contributed by atoms with Crippen LogP contribution >= 0.6 is 0 Å². The third-order valence-electron chi connectivity index (χ3n) is 5.14. The van der Waals surface area contributed by atoms with Crippen LogP contribution in [0.3, 0.4) is 0 Å². The maximum absolute atomic E-state index is 4.54. The molecule has 0 radical (unpaired) electrons. The van der Waals surface area contributed by atoms with Gasteiger partial charge >= 0.3 is 21.7 Å². The molecule has 0 unspecified atom stereocenters. The average Bonchev–Trinajstić information content (AvgIpc) is 3.48. The minimum atomic E-state index is 0. The predicted octanol–water partition coefficient (Wildman–Crippen LogP) is 6.02. The fourth-order valence-electron chi connectivity index (χ4n) is 3.60. The second-order valence-corrected chi connectivity index (χ2v) is 7.76. The average molecular weight is 441 g/mol. The van der Waals surface area contributed by atoms with E-state index in [0.29, 0.717) is 12.1 Å². The Morgan fingerprint density at radius 1 is 0.800 bits per heavy atom. The van der Waals surface area contributed by atoms with Gasteiger partial charge in [0.05, 0.1) is 0 Å². The maximum Gasteiger partial charge on any atom is 4.00 e. The fourth-order valence-corrected chi connectivity index (χ4v) is 3.60. The molecule has 4 rings (SSSR count). The van der Waals surface area contributed by atoms with Crippen molar-refractivity contribution in [2.45, 2.75) is 89.6 Å². The van der Waals surface area contributed by atoms with E-state index >= 15 is 0 Å². The molecular weight excluding hydrogens is 404 g/mol. The summed E-state index contributed by atoms with van der Waals surface area (Å²) in [5, 5.41) is 0. The first-order valence-electron chi connectivity index (χ1n) is 11.3. The summed E-state index contributed by atoms with van der Waals surface area (Å²) in [6, 6.07) is 9.00. The third-order valence-corrected chi connectivity index (χ3v) is 5.14. The van der Waals surface area contributed by atoms with Gasteiger partial charge in [0.2, 0.25) is 0 Å². The van der Waals surface area contributed by atoms with E-state index in [1.54, 1.807) is 0 Å². The number of aliphatic imine (C=N–C) groups is 2. The van der Waals surface area contributed by atoms with Crippen LogP contribution in [-0.4, -0.2) is 24.5 Å². The van der Waals surface area contributed by atoms with E-state index in [-0.39, 0.29) is 21.7 Å². The molecule has 0 spiro atoms. The molecule has 0 aliphatic heterocycles. The molecule has 160 valence electrons. The Morgan fingerprint density at radius 2 is 1.17 bits per heavy atom. The summed E-state index contributed by atoms with van der Waals surface area (Å²) >= 11 is 0. The normalized spacial score (nSPS) is 17.7. The Balaban J connectivity index is 0.000000258. The molecule has 2 saturated carbocycles. The van der Waals surface area contributed by atoms with Crippen LogP contribution in [-0.2, 0) is 21.7 Å². The Hall–Kier alpha value is -1.39. The van der Waals surface area contributed by atoms with Crippen molar-refractivity contribution in [3.8, 4) is 0 Å². The molecule has 2 aliphatic carbocycles. The number of rotatable bonds is 4. The molecule has 4 nitrogen and oxygen atoms in total. The first kappa shape index (κ1) is 26.6. The van der Waals surface area contributed by atoms with Gasteiger partial charge in [-0.1, -0.05) is 69.7 Å². The third kappa shape index (κ3) is 11.7. The topological polar surface area (TPSA) is 52.9 Å². The van der Waals surface area contributed by atoms with Crippen molar-refractivity contribution in [2.24, 2.45) is 9.98 Å². The molecule has 0 N–H and O–H groups in total. The van der Waals surface area contributed by atoms with Crippen molar-refractivity contribution < 1.29 is 21.7 Å². The van der Waals surface area contributed by atoms with Crippen LogP contribution < -0.4 is 9.97 Å². The van der Waals surface area contributed by atoms with Crippen LogP contribution in [0.15, 0.2) is 46.6 Å². The Bertz CT molecular complexity index is 591. The summed E-state index contributed by atoms with van der Waals surface area (Å²) in [6.45, 7) is 5.50. The smallest absolute Gasteiger partial charge is 0.663 e. The summed E-state index contributed by atoms with van der Waals surface area (Å²) in [5.41, 5.74) is 1.98. The summed E-state index contributed by atoms with van der Waals surface area (Å²) in [7, 11) is 0. The number of hydrogen-bond donors (Lipinski definition) is 0. The van der Waals surface area contributed by atoms with Crippen LogP contribution in [0.25, 0.3) is 0 Å². The molecule has 30 heavy (non-hydrogen) atoms. The van der Waals surface area contributed by atoms with Crippen LogP contribution in [0.1, 0.15) is 88.9 Å². The van der Waals surface area contributed by atoms with Gasteiger partial charge in [-0.3, -0.25) is 9.98 Å². The van der Waals surface area contributed by atoms with E-state index in [9.17, 15) is 0 Å². The standard InChI is InChI=1S/2C11H15N2.C3H7.Ti/c2*1-2-5-10(6-3-1)13-9-11-7-4-8-12-11;1-3-2;/h2*4,7-10H,1-3,5-6H2;1,3H2,2H3;/q3*-1;+4. The molecule has 2 aromatic heterocycles. The van der Waals surface area contributed by atoms with Crippen LogP contribution in [0.5, 0.6) is 0 Å². The van der Waals surface area contributed by atoms with E-state index in [2.05, 4.69) is 26.9 Å². The molecule has 5 heteroatoms. The quantitative estimate of drug-likeness (QED) is 0.331. The summed E-state index contributed by atoms with van der Waals surface area (Å²) in [4.78, 5) is 17.4. The molecule has 2 aliphatic rings. The van der Waals surface area contributed by atoms with Gasteiger partial charge in [-0.2, -0.15) is 18.8 Å². The van der Waals surface area contributed by atoms with E-state index in [0.717, 1.165) is 17.8 Å². The van der Waals surface area contributed by atoms with E-state index < -0.39 is 0 Å².